The summed E-state index contributed by atoms with van der Waals surface area (Å²) < 4.78 is 26.2. The van der Waals surface area contributed by atoms with Gasteiger partial charge in [-0.1, -0.05) is 31.9 Å². The number of hydrogen-bond acceptors (Lipinski definition) is 3. The lowest BCUT2D eigenvalue weighted by Crippen LogP contribution is -2.42. The molecule has 1 fully saturated rings. The highest BCUT2D eigenvalue weighted by molar-refractivity contribution is 7.89. The average Bonchev–Trinajstić information content (AvgIpc) is 3.14. The Morgan fingerprint density at radius 2 is 1.92 bits per heavy atom. The highest BCUT2D eigenvalue weighted by Gasteiger charge is 2.31. The van der Waals surface area contributed by atoms with Gasteiger partial charge < -0.3 is 10.6 Å². The van der Waals surface area contributed by atoms with E-state index in [1.165, 1.54) is 39.2 Å². The van der Waals surface area contributed by atoms with Crippen LogP contribution in [0.1, 0.15) is 51.5 Å². The summed E-state index contributed by atoms with van der Waals surface area (Å²) in [5.74, 6) is 0.786. The fraction of sp³-hybridized carbons (Fsp3) is 0.632. The molecule has 0 saturated heterocycles. The minimum absolute atomic E-state index is 0.265. The van der Waals surface area contributed by atoms with Crippen LogP contribution in [0.5, 0.6) is 0 Å². The third-order valence-corrected chi connectivity index (χ3v) is 6.70. The van der Waals surface area contributed by atoms with Gasteiger partial charge in [0, 0.05) is 13.1 Å². The fourth-order valence-corrected chi connectivity index (χ4v) is 4.29. The SMILES string of the molecule is CCNC(=NCc1cccc(S(=O)(=O)NC)c1)NCC1(CC)CCCC1. The summed E-state index contributed by atoms with van der Waals surface area (Å²) >= 11 is 0. The van der Waals surface area contributed by atoms with Crippen molar-refractivity contribution in [3.05, 3.63) is 29.8 Å². The molecule has 0 amide bonds. The summed E-state index contributed by atoms with van der Waals surface area (Å²) in [6.07, 6.45) is 6.37. The standard InChI is InChI=1S/C19H32N4O2S/c1-4-19(11-6-7-12-19)15-23-18(21-5-2)22-14-16-9-8-10-17(13-16)26(24,25)20-3/h8-10,13,20H,4-7,11-12,14-15H2,1-3H3,(H2,21,22,23). The highest BCUT2D eigenvalue weighted by Crippen LogP contribution is 2.40. The predicted octanol–water partition coefficient (Wildman–Crippen LogP) is 2.62. The van der Waals surface area contributed by atoms with Crippen molar-refractivity contribution in [2.45, 2.75) is 57.4 Å². The van der Waals surface area contributed by atoms with Crippen LogP contribution in [0.25, 0.3) is 0 Å². The molecule has 26 heavy (non-hydrogen) atoms. The molecule has 0 aromatic heterocycles. The van der Waals surface area contributed by atoms with E-state index in [0.717, 1.165) is 24.6 Å². The van der Waals surface area contributed by atoms with E-state index in [2.05, 4.69) is 27.3 Å². The van der Waals surface area contributed by atoms with Gasteiger partial charge in [-0.2, -0.15) is 0 Å². The van der Waals surface area contributed by atoms with Crippen LogP contribution in [0.4, 0.5) is 0 Å². The van der Waals surface area contributed by atoms with Crippen LogP contribution in [0, 0.1) is 5.41 Å². The Hall–Kier alpha value is -1.60. The van der Waals surface area contributed by atoms with Crippen molar-refractivity contribution in [3.8, 4) is 0 Å². The Morgan fingerprint density at radius 3 is 2.54 bits per heavy atom. The maximum Gasteiger partial charge on any atom is 0.240 e. The molecule has 3 N–H and O–H groups in total. The molecule has 0 atom stereocenters. The highest BCUT2D eigenvalue weighted by atomic mass is 32.2. The molecule has 6 nitrogen and oxygen atoms in total. The van der Waals surface area contributed by atoms with Crippen LogP contribution in [0.15, 0.2) is 34.2 Å². The summed E-state index contributed by atoms with van der Waals surface area (Å²) in [7, 11) is -2.02. The van der Waals surface area contributed by atoms with Crippen LogP contribution in [-0.4, -0.2) is 34.5 Å². The lowest BCUT2D eigenvalue weighted by Gasteiger charge is -2.28. The van der Waals surface area contributed by atoms with E-state index in [-0.39, 0.29) is 4.90 Å². The molecule has 0 bridgehead atoms. The largest absolute Gasteiger partial charge is 0.357 e. The first kappa shape index (κ1) is 20.7. The number of hydrogen-bond donors (Lipinski definition) is 3. The van der Waals surface area contributed by atoms with E-state index >= 15 is 0 Å². The molecule has 7 heteroatoms. The first-order chi connectivity index (χ1) is 12.4. The van der Waals surface area contributed by atoms with Gasteiger partial charge >= 0.3 is 0 Å². The van der Waals surface area contributed by atoms with Crippen molar-refractivity contribution >= 4 is 16.0 Å². The van der Waals surface area contributed by atoms with Gasteiger partial charge in [0.05, 0.1) is 11.4 Å². The zero-order chi connectivity index (χ0) is 19.0. The molecule has 146 valence electrons. The van der Waals surface area contributed by atoms with Gasteiger partial charge in [0.15, 0.2) is 5.96 Å². The van der Waals surface area contributed by atoms with Crippen molar-refractivity contribution in [1.82, 2.24) is 15.4 Å². The smallest absolute Gasteiger partial charge is 0.240 e. The number of guanidine groups is 1. The lowest BCUT2D eigenvalue weighted by molar-refractivity contribution is 0.283. The molecule has 0 spiro atoms. The van der Waals surface area contributed by atoms with Crippen molar-refractivity contribution in [3.63, 3.8) is 0 Å². The Bertz CT molecular complexity index is 710. The Balaban J connectivity index is 2.06. The molecular weight excluding hydrogens is 348 g/mol. The number of aliphatic imine (C=N–C) groups is 1. The van der Waals surface area contributed by atoms with E-state index in [0.29, 0.717) is 12.0 Å². The molecule has 1 aromatic carbocycles. The van der Waals surface area contributed by atoms with E-state index in [4.69, 9.17) is 0 Å². The number of rotatable bonds is 8. The molecule has 2 rings (SSSR count). The minimum atomic E-state index is -3.43. The van der Waals surface area contributed by atoms with E-state index in [1.807, 2.05) is 13.0 Å². The Labute approximate surface area is 157 Å². The van der Waals surface area contributed by atoms with Gasteiger partial charge in [-0.25, -0.2) is 18.1 Å². The second-order valence-electron chi connectivity index (χ2n) is 6.96. The molecule has 0 unspecified atom stereocenters. The monoisotopic (exact) mass is 380 g/mol. The molecule has 1 aliphatic carbocycles. The lowest BCUT2D eigenvalue weighted by atomic mass is 9.83. The number of nitrogens with one attached hydrogen (secondary N) is 3. The maximum atomic E-state index is 11.9. The van der Waals surface area contributed by atoms with Crippen LogP contribution >= 0.6 is 0 Å². The quantitative estimate of drug-likeness (QED) is 0.478. The molecule has 1 aliphatic rings. The van der Waals surface area contributed by atoms with E-state index in [9.17, 15) is 8.42 Å². The molecule has 0 radical (unpaired) electrons. The summed E-state index contributed by atoms with van der Waals surface area (Å²) in [5, 5.41) is 6.77. The average molecular weight is 381 g/mol. The van der Waals surface area contributed by atoms with Gasteiger partial charge in [0.25, 0.3) is 0 Å². The Kier molecular flexibility index (Phi) is 7.46. The number of benzene rings is 1. The van der Waals surface area contributed by atoms with Gasteiger partial charge in [0.1, 0.15) is 0 Å². The van der Waals surface area contributed by atoms with Crippen LogP contribution in [-0.2, 0) is 16.6 Å². The van der Waals surface area contributed by atoms with Crippen LogP contribution in [0.2, 0.25) is 0 Å². The first-order valence-electron chi connectivity index (χ1n) is 9.49. The molecule has 0 heterocycles. The van der Waals surface area contributed by atoms with Crippen molar-refractivity contribution in [2.75, 3.05) is 20.1 Å². The van der Waals surface area contributed by atoms with Crippen molar-refractivity contribution in [1.29, 1.82) is 0 Å². The summed E-state index contributed by atoms with van der Waals surface area (Å²) in [6.45, 7) is 6.47. The number of nitrogens with zero attached hydrogens (tertiary/aromatic N) is 1. The van der Waals surface area contributed by atoms with Crippen molar-refractivity contribution in [2.24, 2.45) is 10.4 Å². The van der Waals surface area contributed by atoms with Crippen LogP contribution < -0.4 is 15.4 Å². The topological polar surface area (TPSA) is 82.6 Å². The first-order valence-corrected chi connectivity index (χ1v) is 11.0. The van der Waals surface area contributed by atoms with Gasteiger partial charge in [-0.3, -0.25) is 0 Å². The summed E-state index contributed by atoms with van der Waals surface area (Å²) in [4.78, 5) is 4.90. The zero-order valence-electron chi connectivity index (χ0n) is 16.1. The molecule has 1 aromatic rings. The molecule has 0 aliphatic heterocycles. The molecule has 1 saturated carbocycles. The third kappa shape index (κ3) is 5.45. The Morgan fingerprint density at radius 1 is 1.19 bits per heavy atom. The fourth-order valence-electron chi connectivity index (χ4n) is 3.49. The second kappa shape index (κ2) is 9.37. The number of sulfonamides is 1. The van der Waals surface area contributed by atoms with E-state index < -0.39 is 10.0 Å². The van der Waals surface area contributed by atoms with E-state index in [1.54, 1.807) is 18.2 Å². The van der Waals surface area contributed by atoms with Crippen molar-refractivity contribution < 1.29 is 8.42 Å². The second-order valence-corrected chi connectivity index (χ2v) is 8.85. The minimum Gasteiger partial charge on any atom is -0.357 e. The summed E-state index contributed by atoms with van der Waals surface area (Å²) in [6, 6.07) is 6.91. The molecular formula is C19H32N4O2S. The van der Waals surface area contributed by atoms with Gasteiger partial charge in [0.2, 0.25) is 10.0 Å². The van der Waals surface area contributed by atoms with Gasteiger partial charge in [-0.15, -0.1) is 0 Å². The summed E-state index contributed by atoms with van der Waals surface area (Å²) in [5.41, 5.74) is 1.25. The van der Waals surface area contributed by atoms with Gasteiger partial charge in [-0.05, 0) is 56.3 Å². The van der Waals surface area contributed by atoms with Crippen LogP contribution in [0.3, 0.4) is 0 Å². The normalized spacial score (nSPS) is 17.3. The predicted molar refractivity (Wildman–Crippen MR) is 107 cm³/mol. The maximum absolute atomic E-state index is 11.9. The third-order valence-electron chi connectivity index (χ3n) is 5.29. The zero-order valence-corrected chi connectivity index (χ0v) is 17.0.